The Morgan fingerprint density at radius 1 is 0.917 bits per heavy atom. The lowest BCUT2D eigenvalue weighted by Gasteiger charge is -2.58. The molecule has 0 radical (unpaired) electrons. The van der Waals surface area contributed by atoms with Crippen molar-refractivity contribution < 1.29 is 43.2 Å². The van der Waals surface area contributed by atoms with E-state index in [0.29, 0.717) is 25.0 Å². The number of rotatable bonds is 0. The molecule has 5 rings (SSSR count). The van der Waals surface area contributed by atoms with Crippen molar-refractivity contribution in [2.75, 3.05) is 19.8 Å². The zero-order valence-corrected chi connectivity index (χ0v) is 20.7. The van der Waals surface area contributed by atoms with Crippen LogP contribution >= 0.6 is 0 Å². The molecule has 0 aromatic carbocycles. The number of ether oxygens (including phenoxy) is 5. The molecule has 7 atom stereocenters. The second-order valence-corrected chi connectivity index (χ2v) is 10.6. The van der Waals surface area contributed by atoms with Crippen molar-refractivity contribution in [2.45, 2.75) is 70.1 Å². The molecule has 194 valence electrons. The quantitative estimate of drug-likeness (QED) is 0.231. The average molecular weight is 501 g/mol. The topological polar surface area (TPSA) is 121 Å². The number of aliphatic hydroxyl groups excluding tert-OH is 1. The Labute approximate surface area is 209 Å². The fourth-order valence-corrected chi connectivity index (χ4v) is 6.50. The summed E-state index contributed by atoms with van der Waals surface area (Å²) in [7, 11) is 0. The van der Waals surface area contributed by atoms with Gasteiger partial charge < -0.3 is 28.8 Å². The van der Waals surface area contributed by atoms with Crippen LogP contribution in [0.3, 0.4) is 0 Å². The van der Waals surface area contributed by atoms with Gasteiger partial charge in [-0.3, -0.25) is 0 Å². The van der Waals surface area contributed by atoms with Crippen LogP contribution in [0.5, 0.6) is 0 Å². The number of esters is 3. The molecule has 9 heteroatoms. The molecular weight excluding hydrogens is 468 g/mol. The van der Waals surface area contributed by atoms with Crippen LogP contribution in [0.25, 0.3) is 0 Å². The van der Waals surface area contributed by atoms with E-state index in [9.17, 15) is 19.5 Å². The lowest BCUT2D eigenvalue weighted by atomic mass is 9.51. The normalized spacial score (nSPS) is 46.1. The Balaban J connectivity index is 1.57. The van der Waals surface area contributed by atoms with E-state index >= 15 is 0 Å². The van der Waals surface area contributed by atoms with Gasteiger partial charge in [0.15, 0.2) is 0 Å². The molecule has 2 saturated heterocycles. The molecule has 0 amide bonds. The van der Waals surface area contributed by atoms with Crippen molar-refractivity contribution in [1.82, 2.24) is 0 Å². The minimum absolute atomic E-state index is 0.00667. The first kappa shape index (κ1) is 24.9. The summed E-state index contributed by atoms with van der Waals surface area (Å²) >= 11 is 0. The summed E-state index contributed by atoms with van der Waals surface area (Å²) in [6.07, 6.45) is 7.09. The van der Waals surface area contributed by atoms with Gasteiger partial charge in [0.25, 0.3) is 0 Å². The first-order valence-electron chi connectivity index (χ1n) is 12.3. The lowest BCUT2D eigenvalue weighted by molar-refractivity contribution is -0.232. The number of cyclic esters (lactones) is 2. The van der Waals surface area contributed by atoms with Gasteiger partial charge in [-0.1, -0.05) is 36.3 Å². The van der Waals surface area contributed by atoms with E-state index in [2.05, 4.69) is 0 Å². The second kappa shape index (κ2) is 8.97. The summed E-state index contributed by atoms with van der Waals surface area (Å²) in [5.74, 6) is -1.77. The van der Waals surface area contributed by atoms with Crippen LogP contribution in [0.15, 0.2) is 47.6 Å². The van der Waals surface area contributed by atoms with Crippen LogP contribution in [0, 0.1) is 10.8 Å². The number of aliphatic hydroxyl groups is 1. The summed E-state index contributed by atoms with van der Waals surface area (Å²) in [5.41, 5.74) is -0.668. The maximum Gasteiger partial charge on any atom is 0.331 e. The highest BCUT2D eigenvalue weighted by molar-refractivity contribution is 5.85. The number of hydrogen-bond donors (Lipinski definition) is 1. The number of hydrogen-bond acceptors (Lipinski definition) is 9. The van der Waals surface area contributed by atoms with E-state index in [1.807, 2.05) is 19.9 Å². The Morgan fingerprint density at radius 2 is 1.64 bits per heavy atom. The van der Waals surface area contributed by atoms with Gasteiger partial charge in [0, 0.05) is 30.1 Å². The van der Waals surface area contributed by atoms with Crippen molar-refractivity contribution in [3.63, 3.8) is 0 Å². The van der Waals surface area contributed by atoms with Crippen LogP contribution < -0.4 is 0 Å². The predicted octanol–water partition coefficient (Wildman–Crippen LogP) is 2.09. The molecule has 2 bridgehead atoms. The average Bonchev–Trinajstić information content (AvgIpc) is 3.61. The van der Waals surface area contributed by atoms with Crippen molar-refractivity contribution in [2.24, 2.45) is 10.8 Å². The number of allylic oxidation sites excluding steroid dienone is 3. The molecule has 5 aliphatic rings. The largest absolute Gasteiger partial charge is 0.462 e. The molecule has 1 saturated carbocycles. The van der Waals surface area contributed by atoms with Crippen molar-refractivity contribution in [1.29, 1.82) is 0 Å². The van der Waals surface area contributed by atoms with Crippen LogP contribution in [-0.4, -0.2) is 72.9 Å². The molecule has 1 N–H and O–H groups in total. The molecule has 9 nitrogen and oxygen atoms in total. The lowest BCUT2D eigenvalue weighted by Crippen LogP contribution is -2.66. The zero-order chi connectivity index (χ0) is 25.7. The summed E-state index contributed by atoms with van der Waals surface area (Å²) in [5, 5.41) is 11.3. The third kappa shape index (κ3) is 3.76. The van der Waals surface area contributed by atoms with Gasteiger partial charge >= 0.3 is 17.9 Å². The van der Waals surface area contributed by atoms with Crippen LogP contribution in [0.4, 0.5) is 0 Å². The predicted molar refractivity (Wildman–Crippen MR) is 125 cm³/mol. The summed E-state index contributed by atoms with van der Waals surface area (Å²) < 4.78 is 29.3. The van der Waals surface area contributed by atoms with E-state index in [1.165, 1.54) is 30.4 Å². The van der Waals surface area contributed by atoms with Gasteiger partial charge in [0.1, 0.15) is 30.5 Å². The summed E-state index contributed by atoms with van der Waals surface area (Å²) in [6.45, 7) is 6.21. The minimum atomic E-state index is -1.13. The molecule has 36 heavy (non-hydrogen) atoms. The van der Waals surface area contributed by atoms with Crippen LogP contribution in [0.2, 0.25) is 0 Å². The summed E-state index contributed by atoms with van der Waals surface area (Å²) in [4.78, 5) is 37.4. The van der Waals surface area contributed by atoms with Gasteiger partial charge in [-0.2, -0.15) is 0 Å². The molecule has 3 aliphatic heterocycles. The number of carbonyl (C=O) groups is 3. The Bertz CT molecular complexity index is 1080. The van der Waals surface area contributed by atoms with Crippen molar-refractivity contribution in [3.8, 4) is 0 Å². The standard InChI is InChI=1S/C27H32O9/c1-16-8-10-26-14-33-21(30)13-17(2)9-11-32-19(28)6-4-5-7-20(29)36-23-22(31)24(35-18(26)12-16)27(15-34-27)25(23,26)3/h4-7,12-13,18,22-24,31H,8-11,14-15H2,1-3H3/b6-4-,7-5-,17-13-. The van der Waals surface area contributed by atoms with E-state index in [0.717, 1.165) is 12.0 Å². The maximum absolute atomic E-state index is 12.8. The molecule has 0 aromatic rings. The first-order valence-corrected chi connectivity index (χ1v) is 12.3. The maximum atomic E-state index is 12.8. The van der Waals surface area contributed by atoms with Crippen molar-refractivity contribution >= 4 is 17.9 Å². The molecule has 2 spiro atoms. The molecule has 2 aliphatic carbocycles. The van der Waals surface area contributed by atoms with Gasteiger partial charge in [-0.15, -0.1) is 0 Å². The number of carbonyl (C=O) groups excluding carboxylic acids is 3. The Kier molecular flexibility index (Phi) is 6.21. The monoisotopic (exact) mass is 500 g/mol. The van der Waals surface area contributed by atoms with E-state index < -0.39 is 58.8 Å². The minimum Gasteiger partial charge on any atom is -0.462 e. The van der Waals surface area contributed by atoms with Crippen LogP contribution in [-0.2, 0) is 38.1 Å². The first-order chi connectivity index (χ1) is 17.1. The van der Waals surface area contributed by atoms with Crippen LogP contribution in [0.1, 0.15) is 40.0 Å². The van der Waals surface area contributed by atoms with E-state index in [4.69, 9.17) is 23.7 Å². The second-order valence-electron chi connectivity index (χ2n) is 10.6. The highest BCUT2D eigenvalue weighted by atomic mass is 16.7. The third-order valence-electron chi connectivity index (χ3n) is 8.65. The van der Waals surface area contributed by atoms with Gasteiger partial charge in [-0.05, 0) is 26.7 Å². The highest BCUT2D eigenvalue weighted by Gasteiger charge is 2.85. The third-order valence-corrected chi connectivity index (χ3v) is 8.65. The van der Waals surface area contributed by atoms with Gasteiger partial charge in [0.05, 0.1) is 24.7 Å². The molecule has 0 aromatic heterocycles. The molecular formula is C27H32O9. The van der Waals surface area contributed by atoms with Crippen molar-refractivity contribution in [3.05, 3.63) is 47.6 Å². The van der Waals surface area contributed by atoms with Gasteiger partial charge in [0.2, 0.25) is 0 Å². The molecule has 3 fully saturated rings. The smallest absolute Gasteiger partial charge is 0.331 e. The Morgan fingerprint density at radius 3 is 2.36 bits per heavy atom. The summed E-state index contributed by atoms with van der Waals surface area (Å²) in [6, 6.07) is 0. The fraction of sp³-hybridized carbons (Fsp3) is 0.593. The molecule has 3 heterocycles. The fourth-order valence-electron chi connectivity index (χ4n) is 6.50. The SMILES string of the molecule is CC1=CC2OC3C(O)C4OC(=O)/C=C\C=C/C(=O)OCC/C(C)=C\C(=O)OCC2(CC1)C4(C)C31CO1. The highest BCUT2D eigenvalue weighted by Crippen LogP contribution is 2.72. The number of epoxide rings is 1. The van der Waals surface area contributed by atoms with E-state index in [-0.39, 0.29) is 13.2 Å². The Hall–Kier alpha value is -2.75. The van der Waals surface area contributed by atoms with E-state index in [1.54, 1.807) is 6.92 Å². The zero-order valence-electron chi connectivity index (χ0n) is 20.7. The molecule has 7 unspecified atom stereocenters. The van der Waals surface area contributed by atoms with Gasteiger partial charge in [-0.25, -0.2) is 14.4 Å².